The van der Waals surface area contributed by atoms with E-state index in [4.69, 9.17) is 10.5 Å². The normalized spacial score (nSPS) is 22.2. The van der Waals surface area contributed by atoms with Crippen LogP contribution in [0, 0.1) is 0 Å². The number of rotatable bonds is 4. The Morgan fingerprint density at radius 2 is 1.95 bits per heavy atom. The molecule has 1 saturated heterocycles. The highest BCUT2D eigenvalue weighted by molar-refractivity contribution is 5.29. The maximum atomic E-state index is 6.39. The van der Waals surface area contributed by atoms with Crippen LogP contribution in [0.4, 0.5) is 0 Å². The molecule has 21 heavy (non-hydrogen) atoms. The smallest absolute Gasteiger partial charge is 0.0700 e. The lowest BCUT2D eigenvalue weighted by Gasteiger charge is -2.34. The average Bonchev–Trinajstić information content (AvgIpc) is 2.46. The van der Waals surface area contributed by atoms with Gasteiger partial charge in [-0.05, 0) is 23.0 Å². The number of morpholine rings is 1. The number of nitrogens with two attached hydrogens (primary N) is 1. The Balaban J connectivity index is 1.95. The minimum Gasteiger partial charge on any atom is -0.376 e. The first-order valence-electron chi connectivity index (χ1n) is 8.10. The van der Waals surface area contributed by atoms with Crippen LogP contribution in [0.15, 0.2) is 24.3 Å². The fourth-order valence-corrected chi connectivity index (χ4v) is 2.81. The minimum absolute atomic E-state index is 0.0784. The third-order valence-electron chi connectivity index (χ3n) is 4.34. The van der Waals surface area contributed by atoms with Gasteiger partial charge in [0.1, 0.15) is 0 Å². The Bertz CT molecular complexity index is 436. The molecule has 1 aliphatic heterocycles. The van der Waals surface area contributed by atoms with Gasteiger partial charge in [0, 0.05) is 25.7 Å². The Hall–Kier alpha value is -0.900. The molecule has 0 bridgehead atoms. The van der Waals surface area contributed by atoms with Crippen molar-refractivity contribution in [2.24, 2.45) is 5.73 Å². The lowest BCUT2D eigenvalue weighted by atomic mass is 9.86. The molecule has 1 aromatic rings. The molecule has 2 rings (SSSR count). The zero-order valence-corrected chi connectivity index (χ0v) is 13.9. The van der Waals surface area contributed by atoms with Crippen molar-refractivity contribution in [3.05, 3.63) is 35.4 Å². The van der Waals surface area contributed by atoms with Crippen LogP contribution in [0.1, 0.15) is 51.3 Å². The quantitative estimate of drug-likeness (QED) is 0.926. The summed E-state index contributed by atoms with van der Waals surface area (Å²) in [7, 11) is 0. The molecule has 0 aromatic heterocycles. The van der Waals surface area contributed by atoms with E-state index >= 15 is 0 Å². The van der Waals surface area contributed by atoms with Gasteiger partial charge in [-0.25, -0.2) is 0 Å². The zero-order valence-electron chi connectivity index (χ0n) is 13.9. The third-order valence-corrected chi connectivity index (χ3v) is 4.34. The zero-order chi connectivity index (χ0) is 15.5. The number of hydrogen-bond donors (Lipinski definition) is 1. The van der Waals surface area contributed by atoms with Crippen LogP contribution in [0.3, 0.4) is 0 Å². The van der Waals surface area contributed by atoms with Gasteiger partial charge in [-0.1, -0.05) is 52.0 Å². The van der Waals surface area contributed by atoms with E-state index in [0.29, 0.717) is 6.10 Å². The van der Waals surface area contributed by atoms with E-state index in [9.17, 15) is 0 Å². The largest absolute Gasteiger partial charge is 0.376 e. The molecule has 1 fully saturated rings. The van der Waals surface area contributed by atoms with E-state index in [1.807, 2.05) is 0 Å². The summed E-state index contributed by atoms with van der Waals surface area (Å²) in [6.07, 6.45) is 1.45. The van der Waals surface area contributed by atoms with Crippen molar-refractivity contribution < 1.29 is 4.74 Å². The molecule has 0 saturated carbocycles. The van der Waals surface area contributed by atoms with E-state index in [2.05, 4.69) is 56.9 Å². The topological polar surface area (TPSA) is 38.5 Å². The highest BCUT2D eigenvalue weighted by Crippen LogP contribution is 2.24. The summed E-state index contributed by atoms with van der Waals surface area (Å²) in [6.45, 7) is 12.6. The summed E-state index contributed by atoms with van der Waals surface area (Å²) in [5.74, 6) is 0. The van der Waals surface area contributed by atoms with E-state index < -0.39 is 0 Å². The first kappa shape index (κ1) is 16.5. The van der Waals surface area contributed by atoms with Gasteiger partial charge in [-0.2, -0.15) is 0 Å². The summed E-state index contributed by atoms with van der Waals surface area (Å²) in [4.78, 5) is 2.43. The summed E-state index contributed by atoms with van der Waals surface area (Å²) < 4.78 is 5.72. The molecule has 0 radical (unpaired) electrons. The summed E-state index contributed by atoms with van der Waals surface area (Å²) >= 11 is 0. The number of hydrogen-bond acceptors (Lipinski definition) is 3. The highest BCUT2D eigenvalue weighted by atomic mass is 16.5. The van der Waals surface area contributed by atoms with Gasteiger partial charge < -0.3 is 10.5 Å². The molecule has 2 N–H and O–H groups in total. The van der Waals surface area contributed by atoms with Crippen LogP contribution >= 0.6 is 0 Å². The molecule has 0 aliphatic carbocycles. The molecule has 0 spiro atoms. The molecule has 1 aromatic carbocycles. The molecule has 2 unspecified atom stereocenters. The van der Waals surface area contributed by atoms with Crippen LogP contribution in [0.25, 0.3) is 0 Å². The van der Waals surface area contributed by atoms with Crippen molar-refractivity contribution >= 4 is 0 Å². The number of benzene rings is 1. The van der Waals surface area contributed by atoms with Crippen LogP contribution in [0.2, 0.25) is 0 Å². The van der Waals surface area contributed by atoms with E-state index in [1.165, 1.54) is 11.1 Å². The van der Waals surface area contributed by atoms with Crippen LogP contribution < -0.4 is 5.73 Å². The second kappa shape index (κ2) is 6.91. The van der Waals surface area contributed by atoms with E-state index in [1.54, 1.807) is 0 Å². The monoisotopic (exact) mass is 290 g/mol. The average molecular weight is 290 g/mol. The summed E-state index contributed by atoms with van der Waals surface area (Å²) in [5, 5.41) is 0. The highest BCUT2D eigenvalue weighted by Gasteiger charge is 2.21. The predicted molar refractivity (Wildman–Crippen MR) is 88.5 cm³/mol. The van der Waals surface area contributed by atoms with Gasteiger partial charge in [0.05, 0.1) is 12.7 Å². The molecule has 3 heteroatoms. The first-order chi connectivity index (χ1) is 9.90. The fraction of sp³-hybridized carbons (Fsp3) is 0.667. The Morgan fingerprint density at radius 1 is 1.29 bits per heavy atom. The molecule has 1 aliphatic rings. The SMILES string of the molecule is CCC1CN(CC(N)c2ccc(C(C)(C)C)cc2)CCO1. The maximum Gasteiger partial charge on any atom is 0.0700 e. The predicted octanol–water partition coefficient (Wildman–Crippen LogP) is 3.09. The third kappa shape index (κ3) is 4.53. The standard InChI is InChI=1S/C18H30N2O/c1-5-16-12-20(10-11-21-16)13-17(19)14-6-8-15(9-7-14)18(2,3)4/h6-9,16-17H,5,10-13,19H2,1-4H3. The Kier molecular flexibility index (Phi) is 5.42. The van der Waals surface area contributed by atoms with Crippen molar-refractivity contribution in [3.63, 3.8) is 0 Å². The number of nitrogens with zero attached hydrogens (tertiary/aromatic N) is 1. The Labute approximate surface area is 129 Å². The molecule has 1 heterocycles. The van der Waals surface area contributed by atoms with E-state index in [0.717, 1.165) is 32.7 Å². The van der Waals surface area contributed by atoms with Crippen molar-refractivity contribution in [1.82, 2.24) is 4.90 Å². The first-order valence-corrected chi connectivity index (χ1v) is 8.10. The van der Waals surface area contributed by atoms with Gasteiger partial charge in [0.2, 0.25) is 0 Å². The van der Waals surface area contributed by atoms with Gasteiger partial charge in [0.25, 0.3) is 0 Å². The second-order valence-corrected chi connectivity index (χ2v) is 7.14. The van der Waals surface area contributed by atoms with Gasteiger partial charge in [-0.3, -0.25) is 4.90 Å². The molecule has 3 nitrogen and oxygen atoms in total. The van der Waals surface area contributed by atoms with E-state index in [-0.39, 0.29) is 11.5 Å². The maximum absolute atomic E-state index is 6.39. The molecule has 118 valence electrons. The van der Waals surface area contributed by atoms with Gasteiger partial charge in [0.15, 0.2) is 0 Å². The van der Waals surface area contributed by atoms with Crippen molar-refractivity contribution in [3.8, 4) is 0 Å². The summed E-state index contributed by atoms with van der Waals surface area (Å²) in [6, 6.07) is 8.87. The fourth-order valence-electron chi connectivity index (χ4n) is 2.81. The van der Waals surface area contributed by atoms with Crippen LogP contribution in [-0.4, -0.2) is 37.2 Å². The molecule has 2 atom stereocenters. The number of ether oxygens (including phenoxy) is 1. The van der Waals surface area contributed by atoms with Crippen LogP contribution in [-0.2, 0) is 10.2 Å². The lowest BCUT2D eigenvalue weighted by molar-refractivity contribution is -0.0312. The summed E-state index contributed by atoms with van der Waals surface area (Å²) in [5.41, 5.74) is 9.17. The van der Waals surface area contributed by atoms with Crippen molar-refractivity contribution in [2.75, 3.05) is 26.2 Å². The lowest BCUT2D eigenvalue weighted by Crippen LogP contribution is -2.44. The molecular weight excluding hydrogens is 260 g/mol. The minimum atomic E-state index is 0.0784. The van der Waals surface area contributed by atoms with Gasteiger partial charge >= 0.3 is 0 Å². The molecule has 0 amide bonds. The van der Waals surface area contributed by atoms with Crippen molar-refractivity contribution in [1.29, 1.82) is 0 Å². The molecular formula is C18H30N2O. The van der Waals surface area contributed by atoms with Crippen LogP contribution in [0.5, 0.6) is 0 Å². The Morgan fingerprint density at radius 3 is 2.52 bits per heavy atom. The van der Waals surface area contributed by atoms with Gasteiger partial charge in [-0.15, -0.1) is 0 Å². The second-order valence-electron chi connectivity index (χ2n) is 7.14. The van der Waals surface area contributed by atoms with Crippen molar-refractivity contribution in [2.45, 2.75) is 51.7 Å².